The molecule has 0 amide bonds. The van der Waals surface area contributed by atoms with Crippen molar-refractivity contribution in [1.29, 1.82) is 0 Å². The van der Waals surface area contributed by atoms with Gasteiger partial charge in [-0.1, -0.05) is 12.1 Å². The van der Waals surface area contributed by atoms with Crippen LogP contribution in [0.25, 0.3) is 0 Å². The molecule has 0 fully saturated rings. The van der Waals surface area contributed by atoms with Crippen molar-refractivity contribution in [3.63, 3.8) is 0 Å². The van der Waals surface area contributed by atoms with Crippen LogP contribution in [-0.2, 0) is 19.5 Å². The Bertz CT molecular complexity index is 478. The Labute approximate surface area is 112 Å². The fraction of sp³-hybridized carbons (Fsp3) is 0.500. The van der Waals surface area contributed by atoms with Gasteiger partial charge >= 0.3 is 0 Å². The third-order valence-corrected chi connectivity index (χ3v) is 3.81. The monoisotopic (exact) mass is 291 g/mol. The van der Waals surface area contributed by atoms with Gasteiger partial charge in [-0.3, -0.25) is 0 Å². The minimum absolute atomic E-state index is 0.198. The van der Waals surface area contributed by atoms with E-state index >= 15 is 0 Å². The van der Waals surface area contributed by atoms with Gasteiger partial charge in [0.05, 0.1) is 13.2 Å². The highest BCUT2D eigenvalue weighted by Gasteiger charge is 2.17. The molecular formula is C12H18FNO4S. The Morgan fingerprint density at radius 3 is 2.63 bits per heavy atom. The molecule has 0 heterocycles. The molecule has 0 radical (unpaired) electrons. The largest absolute Gasteiger partial charge is 0.382 e. The summed E-state index contributed by atoms with van der Waals surface area (Å²) in [5, 5.41) is 0. The van der Waals surface area contributed by atoms with Crippen LogP contribution in [-0.4, -0.2) is 41.9 Å². The maximum Gasteiger partial charge on any atom is 0.243 e. The van der Waals surface area contributed by atoms with E-state index in [0.717, 1.165) is 6.07 Å². The van der Waals surface area contributed by atoms with Crippen LogP contribution in [0.15, 0.2) is 29.2 Å². The first-order valence-electron chi connectivity index (χ1n) is 5.89. The Balaban J connectivity index is 2.34. The number of ether oxygens (including phenoxy) is 2. The van der Waals surface area contributed by atoms with Gasteiger partial charge in [0.2, 0.25) is 10.0 Å². The van der Waals surface area contributed by atoms with E-state index in [-0.39, 0.29) is 11.4 Å². The van der Waals surface area contributed by atoms with Crippen molar-refractivity contribution in [1.82, 2.24) is 4.72 Å². The van der Waals surface area contributed by atoms with E-state index in [2.05, 4.69) is 4.72 Å². The summed E-state index contributed by atoms with van der Waals surface area (Å²) in [6.07, 6.45) is 0.511. The van der Waals surface area contributed by atoms with Crippen molar-refractivity contribution < 1.29 is 22.3 Å². The molecule has 5 nitrogen and oxygen atoms in total. The molecule has 1 rings (SSSR count). The first kappa shape index (κ1) is 16.0. The minimum Gasteiger partial charge on any atom is -0.382 e. The Hall–Kier alpha value is -1.02. The number of sulfonamides is 1. The van der Waals surface area contributed by atoms with Gasteiger partial charge in [0.15, 0.2) is 0 Å². The lowest BCUT2D eigenvalue weighted by Crippen LogP contribution is -2.26. The molecule has 0 aliphatic heterocycles. The van der Waals surface area contributed by atoms with Crippen molar-refractivity contribution in [2.75, 3.05) is 33.5 Å². The molecule has 0 saturated heterocycles. The van der Waals surface area contributed by atoms with Gasteiger partial charge in [-0.15, -0.1) is 0 Å². The fourth-order valence-corrected chi connectivity index (χ4v) is 2.52. The van der Waals surface area contributed by atoms with Crippen molar-refractivity contribution in [2.45, 2.75) is 11.3 Å². The Morgan fingerprint density at radius 1 is 1.21 bits per heavy atom. The molecule has 1 aromatic rings. The van der Waals surface area contributed by atoms with Gasteiger partial charge in [-0.25, -0.2) is 17.5 Å². The highest BCUT2D eigenvalue weighted by Crippen LogP contribution is 2.12. The van der Waals surface area contributed by atoms with Crippen molar-refractivity contribution in [3.05, 3.63) is 30.1 Å². The Morgan fingerprint density at radius 2 is 1.95 bits per heavy atom. The number of hydrogen-bond acceptors (Lipinski definition) is 4. The lowest BCUT2D eigenvalue weighted by Gasteiger charge is -2.07. The van der Waals surface area contributed by atoms with Crippen LogP contribution in [0.4, 0.5) is 4.39 Å². The smallest absolute Gasteiger partial charge is 0.243 e. The number of methoxy groups -OCH3 is 1. The van der Waals surface area contributed by atoms with Gasteiger partial charge in [-0.2, -0.15) is 0 Å². The molecule has 0 atom stereocenters. The van der Waals surface area contributed by atoms with Crippen LogP contribution >= 0.6 is 0 Å². The molecule has 0 bridgehead atoms. The van der Waals surface area contributed by atoms with E-state index in [1.165, 1.54) is 18.2 Å². The lowest BCUT2D eigenvalue weighted by molar-refractivity contribution is 0.0699. The summed E-state index contributed by atoms with van der Waals surface area (Å²) in [6, 6.07) is 5.26. The zero-order valence-electron chi connectivity index (χ0n) is 10.8. The van der Waals surface area contributed by atoms with Gasteiger partial charge < -0.3 is 9.47 Å². The topological polar surface area (TPSA) is 64.6 Å². The van der Waals surface area contributed by atoms with Crippen molar-refractivity contribution >= 4 is 10.0 Å². The van der Waals surface area contributed by atoms with Gasteiger partial charge in [0.25, 0.3) is 0 Å². The number of benzene rings is 1. The summed E-state index contributed by atoms with van der Waals surface area (Å²) >= 11 is 0. The lowest BCUT2D eigenvalue weighted by atomic mass is 10.4. The quantitative estimate of drug-likeness (QED) is 0.693. The molecule has 19 heavy (non-hydrogen) atoms. The predicted octanol–water partition coefficient (Wildman–Crippen LogP) is 1.16. The van der Waals surface area contributed by atoms with Gasteiger partial charge in [0.1, 0.15) is 10.7 Å². The zero-order valence-corrected chi connectivity index (χ0v) is 11.6. The first-order chi connectivity index (χ1) is 9.08. The molecule has 0 saturated carbocycles. The molecule has 1 N–H and O–H groups in total. The highest BCUT2D eigenvalue weighted by atomic mass is 32.2. The first-order valence-corrected chi connectivity index (χ1v) is 7.37. The molecule has 0 aliphatic rings. The summed E-state index contributed by atoms with van der Waals surface area (Å²) in [5.74, 6) is -0.758. The van der Waals surface area contributed by atoms with Gasteiger partial charge in [-0.05, 0) is 18.6 Å². The summed E-state index contributed by atoms with van der Waals surface area (Å²) < 4.78 is 49.2. The maximum atomic E-state index is 13.3. The van der Waals surface area contributed by atoms with Crippen LogP contribution < -0.4 is 4.72 Å². The fourth-order valence-electron chi connectivity index (χ4n) is 1.37. The number of hydrogen-bond donors (Lipinski definition) is 1. The van der Waals surface area contributed by atoms with Crippen LogP contribution in [0.2, 0.25) is 0 Å². The molecule has 0 unspecified atom stereocenters. The van der Waals surface area contributed by atoms with Crippen LogP contribution in [0.5, 0.6) is 0 Å². The molecule has 7 heteroatoms. The van der Waals surface area contributed by atoms with E-state index in [4.69, 9.17) is 9.47 Å². The van der Waals surface area contributed by atoms with E-state index in [0.29, 0.717) is 26.2 Å². The van der Waals surface area contributed by atoms with Crippen LogP contribution in [0.3, 0.4) is 0 Å². The molecule has 0 aliphatic carbocycles. The maximum absolute atomic E-state index is 13.3. The van der Waals surface area contributed by atoms with E-state index < -0.39 is 15.8 Å². The third kappa shape index (κ3) is 5.65. The highest BCUT2D eigenvalue weighted by molar-refractivity contribution is 7.89. The van der Waals surface area contributed by atoms with E-state index in [1.807, 2.05) is 0 Å². The molecule has 0 aromatic heterocycles. The zero-order chi connectivity index (χ0) is 14.1. The molecule has 108 valence electrons. The van der Waals surface area contributed by atoms with Crippen molar-refractivity contribution in [3.8, 4) is 0 Å². The van der Waals surface area contributed by atoms with Gasteiger partial charge in [0, 0.05) is 20.3 Å². The number of nitrogens with one attached hydrogen (secondary N) is 1. The molecular weight excluding hydrogens is 273 g/mol. The summed E-state index contributed by atoms with van der Waals surface area (Å²) in [7, 11) is -2.22. The molecule has 1 aromatic carbocycles. The number of halogens is 1. The summed E-state index contributed by atoms with van der Waals surface area (Å²) in [6.45, 7) is 1.59. The van der Waals surface area contributed by atoms with Crippen LogP contribution in [0.1, 0.15) is 6.42 Å². The standard InChI is InChI=1S/C12H18FNO4S/c1-17-9-10-18-8-4-7-14-19(15,16)12-6-3-2-5-11(12)13/h2-3,5-6,14H,4,7-10H2,1H3. The van der Waals surface area contributed by atoms with Crippen molar-refractivity contribution in [2.24, 2.45) is 0 Å². The van der Waals surface area contributed by atoms with E-state index in [9.17, 15) is 12.8 Å². The summed E-state index contributed by atoms with van der Waals surface area (Å²) in [4.78, 5) is -0.338. The summed E-state index contributed by atoms with van der Waals surface area (Å²) in [5.41, 5.74) is 0. The third-order valence-electron chi connectivity index (χ3n) is 2.32. The second kappa shape index (κ2) is 8.21. The second-order valence-corrected chi connectivity index (χ2v) is 5.52. The SMILES string of the molecule is COCCOCCCNS(=O)(=O)c1ccccc1F. The molecule has 0 spiro atoms. The predicted molar refractivity (Wildman–Crippen MR) is 68.9 cm³/mol. The van der Waals surface area contributed by atoms with Crippen LogP contribution in [0, 0.1) is 5.82 Å². The average Bonchev–Trinajstić information content (AvgIpc) is 2.38. The normalized spacial score (nSPS) is 11.7. The van der Waals surface area contributed by atoms with E-state index in [1.54, 1.807) is 7.11 Å². The number of rotatable bonds is 9. The average molecular weight is 291 g/mol. The Kier molecular flexibility index (Phi) is 6.93. The second-order valence-electron chi connectivity index (χ2n) is 3.79. The minimum atomic E-state index is -3.79.